The largest absolute Gasteiger partial charge is 0.465 e. The van der Waals surface area contributed by atoms with Gasteiger partial charge in [-0.15, -0.1) is 0 Å². The molecule has 0 aliphatic heterocycles. The Morgan fingerprint density at radius 1 is 1.29 bits per heavy atom. The Balaban J connectivity index is 2.76. The van der Waals surface area contributed by atoms with Gasteiger partial charge in [0.1, 0.15) is 6.54 Å². The van der Waals surface area contributed by atoms with E-state index in [0.29, 0.717) is 15.7 Å². The molecular formula is C14H18Cl2N2O3. The minimum absolute atomic E-state index is 0.112. The van der Waals surface area contributed by atoms with E-state index in [2.05, 4.69) is 5.32 Å². The number of benzene rings is 1. The van der Waals surface area contributed by atoms with Crippen LogP contribution in [0.25, 0.3) is 0 Å². The van der Waals surface area contributed by atoms with Gasteiger partial charge in [0.05, 0.1) is 16.7 Å². The molecule has 0 spiro atoms. The standard InChI is InChI=1S/C14H18Cl2N2O3/c1-4-21-13(19)8-18(9(2)3)14(20)17-10-5-6-11(15)12(16)7-10/h5-7,9H,4,8H2,1-3H3,(H,17,20). The van der Waals surface area contributed by atoms with Gasteiger partial charge in [0.2, 0.25) is 0 Å². The molecule has 0 radical (unpaired) electrons. The summed E-state index contributed by atoms with van der Waals surface area (Å²) in [6.45, 7) is 5.51. The number of esters is 1. The molecule has 0 aliphatic carbocycles. The van der Waals surface area contributed by atoms with Crippen molar-refractivity contribution < 1.29 is 14.3 Å². The number of nitrogens with zero attached hydrogens (tertiary/aromatic N) is 1. The molecule has 7 heteroatoms. The zero-order valence-corrected chi connectivity index (χ0v) is 13.7. The van der Waals surface area contributed by atoms with Crippen molar-refractivity contribution in [1.82, 2.24) is 4.90 Å². The quantitative estimate of drug-likeness (QED) is 0.834. The summed E-state index contributed by atoms with van der Waals surface area (Å²) in [5.41, 5.74) is 0.504. The predicted octanol–water partition coefficient (Wildman–Crippen LogP) is 3.80. The first-order valence-corrected chi connectivity index (χ1v) is 7.29. The Labute approximate surface area is 134 Å². The van der Waals surface area contributed by atoms with E-state index in [1.807, 2.05) is 13.8 Å². The van der Waals surface area contributed by atoms with Gasteiger partial charge in [-0.25, -0.2) is 4.79 Å². The number of hydrogen-bond acceptors (Lipinski definition) is 3. The zero-order chi connectivity index (χ0) is 16.0. The number of anilines is 1. The van der Waals surface area contributed by atoms with Crippen molar-refractivity contribution in [2.45, 2.75) is 26.8 Å². The first kappa shape index (κ1) is 17.6. The van der Waals surface area contributed by atoms with Crippen LogP contribution in [0.5, 0.6) is 0 Å². The average molecular weight is 333 g/mol. The molecule has 1 N–H and O–H groups in total. The highest BCUT2D eigenvalue weighted by atomic mass is 35.5. The highest BCUT2D eigenvalue weighted by Crippen LogP contribution is 2.25. The second kappa shape index (κ2) is 8.10. The lowest BCUT2D eigenvalue weighted by Crippen LogP contribution is -2.43. The van der Waals surface area contributed by atoms with Gasteiger partial charge in [0.25, 0.3) is 0 Å². The molecule has 0 heterocycles. The van der Waals surface area contributed by atoms with Gasteiger partial charge in [0, 0.05) is 11.7 Å². The van der Waals surface area contributed by atoms with Crippen molar-refractivity contribution in [3.05, 3.63) is 28.2 Å². The number of halogens is 2. The molecule has 2 amide bonds. The molecule has 116 valence electrons. The van der Waals surface area contributed by atoms with Gasteiger partial charge >= 0.3 is 12.0 Å². The fourth-order valence-corrected chi connectivity index (χ4v) is 1.90. The van der Waals surface area contributed by atoms with E-state index in [-0.39, 0.29) is 19.2 Å². The molecule has 0 unspecified atom stereocenters. The first-order valence-electron chi connectivity index (χ1n) is 6.53. The highest BCUT2D eigenvalue weighted by Gasteiger charge is 2.21. The van der Waals surface area contributed by atoms with Crippen LogP contribution in [0.2, 0.25) is 10.0 Å². The first-order chi connectivity index (χ1) is 9.85. The maximum atomic E-state index is 12.2. The van der Waals surface area contributed by atoms with Gasteiger partial charge in [0.15, 0.2) is 0 Å². The fourth-order valence-electron chi connectivity index (χ4n) is 1.60. The topological polar surface area (TPSA) is 58.6 Å². The number of ether oxygens (including phenoxy) is 1. The third-order valence-corrected chi connectivity index (χ3v) is 3.40. The Kier molecular flexibility index (Phi) is 6.78. The summed E-state index contributed by atoms with van der Waals surface area (Å²) in [5, 5.41) is 3.42. The summed E-state index contributed by atoms with van der Waals surface area (Å²) in [7, 11) is 0. The van der Waals surface area contributed by atoms with E-state index in [1.54, 1.807) is 25.1 Å². The second-order valence-corrected chi connectivity index (χ2v) is 5.40. The number of carbonyl (C=O) groups excluding carboxylic acids is 2. The normalized spacial score (nSPS) is 10.4. The lowest BCUT2D eigenvalue weighted by Gasteiger charge is -2.26. The summed E-state index contributed by atoms with van der Waals surface area (Å²) in [5.74, 6) is -0.449. The maximum Gasteiger partial charge on any atom is 0.325 e. The van der Waals surface area contributed by atoms with Gasteiger partial charge in [-0.2, -0.15) is 0 Å². The van der Waals surface area contributed by atoms with Crippen molar-refractivity contribution in [3.8, 4) is 0 Å². The molecule has 0 saturated carbocycles. The third-order valence-electron chi connectivity index (χ3n) is 2.66. The van der Waals surface area contributed by atoms with Crippen LogP contribution in [0.3, 0.4) is 0 Å². The van der Waals surface area contributed by atoms with Crippen molar-refractivity contribution in [1.29, 1.82) is 0 Å². The smallest absolute Gasteiger partial charge is 0.325 e. The summed E-state index contributed by atoms with van der Waals surface area (Å²) >= 11 is 11.7. The van der Waals surface area contributed by atoms with Crippen LogP contribution in [-0.4, -0.2) is 36.1 Å². The summed E-state index contributed by atoms with van der Waals surface area (Å²) in [6, 6.07) is 4.21. The molecule has 1 rings (SSSR count). The monoisotopic (exact) mass is 332 g/mol. The van der Waals surface area contributed by atoms with Crippen LogP contribution >= 0.6 is 23.2 Å². The summed E-state index contributed by atoms with van der Waals surface area (Å²) < 4.78 is 4.86. The number of carbonyl (C=O) groups is 2. The molecule has 1 aromatic carbocycles. The lowest BCUT2D eigenvalue weighted by atomic mass is 10.3. The summed E-state index contributed by atoms with van der Waals surface area (Å²) in [6.07, 6.45) is 0. The van der Waals surface area contributed by atoms with Crippen molar-refractivity contribution in [2.75, 3.05) is 18.5 Å². The number of hydrogen-bond donors (Lipinski definition) is 1. The Morgan fingerprint density at radius 2 is 1.95 bits per heavy atom. The van der Waals surface area contributed by atoms with E-state index in [1.165, 1.54) is 4.90 Å². The van der Waals surface area contributed by atoms with E-state index < -0.39 is 12.0 Å². The Morgan fingerprint density at radius 3 is 2.48 bits per heavy atom. The SMILES string of the molecule is CCOC(=O)CN(C(=O)Nc1ccc(Cl)c(Cl)c1)C(C)C. The maximum absolute atomic E-state index is 12.2. The van der Waals surface area contributed by atoms with Crippen molar-refractivity contribution >= 4 is 40.9 Å². The molecular weight excluding hydrogens is 315 g/mol. The van der Waals surface area contributed by atoms with Crippen molar-refractivity contribution in [2.24, 2.45) is 0 Å². The van der Waals surface area contributed by atoms with E-state index in [4.69, 9.17) is 27.9 Å². The van der Waals surface area contributed by atoms with E-state index in [0.717, 1.165) is 0 Å². The average Bonchev–Trinajstić information content (AvgIpc) is 2.40. The van der Waals surface area contributed by atoms with Gasteiger partial charge in [-0.05, 0) is 39.0 Å². The molecule has 0 saturated heterocycles. The Hall–Kier alpha value is -1.46. The van der Waals surface area contributed by atoms with Gasteiger partial charge < -0.3 is 15.0 Å². The van der Waals surface area contributed by atoms with E-state index in [9.17, 15) is 9.59 Å². The molecule has 5 nitrogen and oxygen atoms in total. The molecule has 0 bridgehead atoms. The highest BCUT2D eigenvalue weighted by molar-refractivity contribution is 6.42. The lowest BCUT2D eigenvalue weighted by molar-refractivity contribution is -0.144. The molecule has 0 atom stereocenters. The molecule has 0 aromatic heterocycles. The Bertz CT molecular complexity index is 521. The third kappa shape index (κ3) is 5.44. The molecule has 0 aliphatic rings. The number of rotatable bonds is 5. The van der Waals surface area contributed by atoms with Crippen LogP contribution in [0.4, 0.5) is 10.5 Å². The molecule has 21 heavy (non-hydrogen) atoms. The van der Waals surface area contributed by atoms with Crippen LogP contribution in [0.1, 0.15) is 20.8 Å². The minimum Gasteiger partial charge on any atom is -0.465 e. The molecule has 0 fully saturated rings. The van der Waals surface area contributed by atoms with Crippen molar-refractivity contribution in [3.63, 3.8) is 0 Å². The van der Waals surface area contributed by atoms with Gasteiger partial charge in [-0.1, -0.05) is 23.2 Å². The minimum atomic E-state index is -0.449. The molecule has 1 aromatic rings. The number of urea groups is 1. The van der Waals surface area contributed by atoms with Crippen LogP contribution in [0, 0.1) is 0 Å². The summed E-state index contributed by atoms with van der Waals surface area (Å²) in [4.78, 5) is 25.1. The zero-order valence-electron chi connectivity index (χ0n) is 12.2. The van der Waals surface area contributed by atoms with Crippen LogP contribution in [-0.2, 0) is 9.53 Å². The van der Waals surface area contributed by atoms with E-state index >= 15 is 0 Å². The van der Waals surface area contributed by atoms with Crippen LogP contribution < -0.4 is 5.32 Å². The second-order valence-electron chi connectivity index (χ2n) is 4.59. The fraction of sp³-hybridized carbons (Fsp3) is 0.429. The number of amides is 2. The number of nitrogens with one attached hydrogen (secondary N) is 1. The predicted molar refractivity (Wildman–Crippen MR) is 84.0 cm³/mol. The van der Waals surface area contributed by atoms with Crippen LogP contribution in [0.15, 0.2) is 18.2 Å². The van der Waals surface area contributed by atoms with Gasteiger partial charge in [-0.3, -0.25) is 4.79 Å².